The maximum Gasteiger partial charge on any atom is 0.222 e. The molecule has 0 aliphatic carbocycles. The van der Waals surface area contributed by atoms with Crippen LogP contribution in [-0.2, 0) is 11.2 Å². The number of carbonyl (C=O) groups is 1. The zero-order valence-corrected chi connectivity index (χ0v) is 12.9. The Balaban J connectivity index is 2.57. The number of likely N-dealkylation sites (N-methyl/N-ethyl adjacent to an activating group) is 1. The van der Waals surface area contributed by atoms with E-state index >= 15 is 0 Å². The lowest BCUT2D eigenvalue weighted by Gasteiger charge is -2.25. The fourth-order valence-electron chi connectivity index (χ4n) is 1.84. The van der Waals surface area contributed by atoms with Gasteiger partial charge in [-0.15, -0.1) is 0 Å². The first-order valence-corrected chi connectivity index (χ1v) is 6.85. The summed E-state index contributed by atoms with van der Waals surface area (Å²) in [7, 11) is 1.68. The first-order valence-electron chi connectivity index (χ1n) is 6.10. The highest BCUT2D eigenvalue weighted by molar-refractivity contribution is 6.42. The van der Waals surface area contributed by atoms with Crippen molar-refractivity contribution in [1.29, 1.82) is 0 Å². The molecule has 1 aromatic carbocycles. The SMILES string of the molecule is CN(CC(C)(C)O)C(=O)CCc1cccc(Cl)c1Cl. The molecule has 0 aromatic heterocycles. The van der Waals surface area contributed by atoms with Crippen LogP contribution in [0.4, 0.5) is 0 Å². The molecule has 3 nitrogen and oxygen atoms in total. The van der Waals surface area contributed by atoms with Crippen LogP contribution >= 0.6 is 23.2 Å². The van der Waals surface area contributed by atoms with Crippen molar-refractivity contribution >= 4 is 29.1 Å². The lowest BCUT2D eigenvalue weighted by Crippen LogP contribution is -2.39. The van der Waals surface area contributed by atoms with Crippen molar-refractivity contribution in [2.75, 3.05) is 13.6 Å². The Morgan fingerprint density at radius 1 is 1.37 bits per heavy atom. The number of benzene rings is 1. The maximum absolute atomic E-state index is 11.9. The Bertz CT molecular complexity index is 455. The van der Waals surface area contributed by atoms with Crippen LogP contribution in [0.1, 0.15) is 25.8 Å². The average molecular weight is 304 g/mol. The van der Waals surface area contributed by atoms with Crippen molar-refractivity contribution in [3.05, 3.63) is 33.8 Å². The average Bonchev–Trinajstić information content (AvgIpc) is 2.28. The smallest absolute Gasteiger partial charge is 0.222 e. The predicted molar refractivity (Wildman–Crippen MR) is 78.7 cm³/mol. The largest absolute Gasteiger partial charge is 0.389 e. The van der Waals surface area contributed by atoms with E-state index in [1.54, 1.807) is 27.0 Å². The number of rotatable bonds is 5. The third-order valence-electron chi connectivity index (χ3n) is 2.69. The summed E-state index contributed by atoms with van der Waals surface area (Å²) in [6.45, 7) is 3.64. The van der Waals surface area contributed by atoms with Gasteiger partial charge in [-0.1, -0.05) is 35.3 Å². The summed E-state index contributed by atoms with van der Waals surface area (Å²) in [6.07, 6.45) is 0.876. The Labute approximate surface area is 124 Å². The number of amides is 1. The molecule has 1 amide bonds. The molecule has 1 N–H and O–H groups in total. The molecule has 0 unspecified atom stereocenters. The first kappa shape index (κ1) is 16.3. The van der Waals surface area contributed by atoms with Crippen molar-refractivity contribution in [2.45, 2.75) is 32.3 Å². The van der Waals surface area contributed by atoms with Crippen LogP contribution in [0.5, 0.6) is 0 Å². The quantitative estimate of drug-likeness (QED) is 0.908. The Morgan fingerprint density at radius 3 is 2.58 bits per heavy atom. The number of hydrogen-bond acceptors (Lipinski definition) is 2. The summed E-state index contributed by atoms with van der Waals surface area (Å²) in [5.74, 6) is -0.0295. The van der Waals surface area contributed by atoms with Crippen molar-refractivity contribution in [1.82, 2.24) is 4.90 Å². The number of aliphatic hydroxyl groups is 1. The molecule has 0 heterocycles. The Hall–Kier alpha value is -0.770. The second-order valence-corrected chi connectivity index (χ2v) is 6.06. The second-order valence-electron chi connectivity index (χ2n) is 5.28. The third-order valence-corrected chi connectivity index (χ3v) is 3.55. The van der Waals surface area contributed by atoms with E-state index in [0.717, 1.165) is 5.56 Å². The highest BCUT2D eigenvalue weighted by Crippen LogP contribution is 2.26. The van der Waals surface area contributed by atoms with Gasteiger partial charge in [-0.2, -0.15) is 0 Å². The monoisotopic (exact) mass is 303 g/mol. The lowest BCUT2D eigenvalue weighted by molar-refractivity contribution is -0.132. The number of carbonyl (C=O) groups excluding carboxylic acids is 1. The van der Waals surface area contributed by atoms with Gasteiger partial charge in [0.05, 0.1) is 15.6 Å². The van der Waals surface area contributed by atoms with Crippen LogP contribution in [0.25, 0.3) is 0 Å². The zero-order chi connectivity index (χ0) is 14.6. The minimum atomic E-state index is -0.891. The summed E-state index contributed by atoms with van der Waals surface area (Å²) in [4.78, 5) is 13.5. The molecular weight excluding hydrogens is 285 g/mol. The van der Waals surface area contributed by atoms with Gasteiger partial charge in [0.2, 0.25) is 5.91 Å². The highest BCUT2D eigenvalue weighted by atomic mass is 35.5. The van der Waals surface area contributed by atoms with Crippen molar-refractivity contribution in [2.24, 2.45) is 0 Å². The molecule has 0 spiro atoms. The lowest BCUT2D eigenvalue weighted by atomic mass is 10.1. The zero-order valence-electron chi connectivity index (χ0n) is 11.4. The topological polar surface area (TPSA) is 40.5 Å². The van der Waals surface area contributed by atoms with Gasteiger partial charge in [0.15, 0.2) is 0 Å². The summed E-state index contributed by atoms with van der Waals surface area (Å²) < 4.78 is 0. The molecule has 0 fully saturated rings. The van der Waals surface area contributed by atoms with Crippen LogP contribution < -0.4 is 0 Å². The second kappa shape index (κ2) is 6.60. The molecule has 0 aliphatic heterocycles. The molecule has 1 aromatic rings. The van der Waals surface area contributed by atoms with Crippen LogP contribution in [0, 0.1) is 0 Å². The van der Waals surface area contributed by atoms with Crippen molar-refractivity contribution in [3.63, 3.8) is 0 Å². The van der Waals surface area contributed by atoms with E-state index in [1.807, 2.05) is 12.1 Å². The molecule has 0 aliphatic rings. The van der Waals surface area contributed by atoms with Gasteiger partial charge in [0, 0.05) is 20.0 Å². The molecule has 19 heavy (non-hydrogen) atoms. The number of halogens is 2. The van der Waals surface area contributed by atoms with E-state index in [9.17, 15) is 9.90 Å². The fraction of sp³-hybridized carbons (Fsp3) is 0.500. The predicted octanol–water partition coefficient (Wildman–Crippen LogP) is 3.16. The number of hydrogen-bond donors (Lipinski definition) is 1. The summed E-state index contributed by atoms with van der Waals surface area (Å²) in [5.41, 5.74) is -0.0304. The Morgan fingerprint density at radius 2 is 2.00 bits per heavy atom. The van der Waals surface area contributed by atoms with Gasteiger partial charge in [0.25, 0.3) is 0 Å². The molecule has 0 bridgehead atoms. The van der Waals surface area contributed by atoms with E-state index in [1.165, 1.54) is 4.90 Å². The van der Waals surface area contributed by atoms with E-state index in [-0.39, 0.29) is 5.91 Å². The number of aryl methyl sites for hydroxylation is 1. The van der Waals surface area contributed by atoms with Gasteiger partial charge in [-0.05, 0) is 31.9 Å². The maximum atomic E-state index is 11.9. The van der Waals surface area contributed by atoms with E-state index in [0.29, 0.717) is 29.4 Å². The molecule has 0 saturated heterocycles. The van der Waals surface area contributed by atoms with Crippen molar-refractivity contribution < 1.29 is 9.90 Å². The fourth-order valence-corrected chi connectivity index (χ4v) is 2.26. The van der Waals surface area contributed by atoms with Gasteiger partial charge in [-0.25, -0.2) is 0 Å². The van der Waals surface area contributed by atoms with Gasteiger partial charge in [0.1, 0.15) is 0 Å². The summed E-state index contributed by atoms with van der Waals surface area (Å²) in [5, 5.41) is 10.7. The Kier molecular flexibility index (Phi) is 5.65. The normalized spacial score (nSPS) is 11.5. The van der Waals surface area contributed by atoms with Gasteiger partial charge in [-0.3, -0.25) is 4.79 Å². The van der Waals surface area contributed by atoms with Crippen LogP contribution in [-0.4, -0.2) is 35.1 Å². The molecular formula is C14H19Cl2NO2. The van der Waals surface area contributed by atoms with Crippen molar-refractivity contribution in [3.8, 4) is 0 Å². The number of nitrogens with zero attached hydrogens (tertiary/aromatic N) is 1. The van der Waals surface area contributed by atoms with Crippen LogP contribution in [0.3, 0.4) is 0 Å². The van der Waals surface area contributed by atoms with Gasteiger partial charge >= 0.3 is 0 Å². The third kappa shape index (κ3) is 5.39. The minimum Gasteiger partial charge on any atom is -0.389 e. The molecule has 106 valence electrons. The molecule has 0 radical (unpaired) electrons. The van der Waals surface area contributed by atoms with E-state index < -0.39 is 5.60 Å². The van der Waals surface area contributed by atoms with E-state index in [4.69, 9.17) is 23.2 Å². The van der Waals surface area contributed by atoms with Crippen LogP contribution in [0.15, 0.2) is 18.2 Å². The molecule has 0 saturated carbocycles. The molecule has 5 heteroatoms. The standard InChI is InChI=1S/C14H19Cl2NO2/c1-14(2,19)9-17(3)12(18)8-7-10-5-4-6-11(15)13(10)16/h4-6,19H,7-9H2,1-3H3. The highest BCUT2D eigenvalue weighted by Gasteiger charge is 2.19. The van der Waals surface area contributed by atoms with E-state index in [2.05, 4.69) is 0 Å². The molecule has 0 atom stereocenters. The summed E-state index contributed by atoms with van der Waals surface area (Å²) in [6, 6.07) is 5.39. The summed E-state index contributed by atoms with van der Waals surface area (Å²) >= 11 is 12.0. The van der Waals surface area contributed by atoms with Gasteiger partial charge < -0.3 is 10.0 Å². The molecule has 1 rings (SSSR count). The minimum absolute atomic E-state index is 0.0295. The first-order chi connectivity index (χ1) is 8.70. The van der Waals surface area contributed by atoms with Crippen LogP contribution in [0.2, 0.25) is 10.0 Å².